The molecule has 0 aliphatic carbocycles. The molecule has 7 heteroatoms. The van der Waals surface area contributed by atoms with Crippen molar-refractivity contribution in [2.45, 2.75) is 26.1 Å². The molecule has 0 saturated heterocycles. The van der Waals surface area contributed by atoms with Crippen LogP contribution in [0.15, 0.2) is 48.5 Å². The number of halogens is 2. The SMILES string of the molecule is Cl.Fc1ccc(Cn2nnnc2CN2CCc3ccccc3C2)cc1. The Morgan fingerprint density at radius 2 is 1.72 bits per heavy atom. The van der Waals surface area contributed by atoms with Crippen LogP contribution >= 0.6 is 12.4 Å². The minimum Gasteiger partial charge on any atom is -0.291 e. The van der Waals surface area contributed by atoms with Gasteiger partial charge in [0.15, 0.2) is 5.82 Å². The van der Waals surface area contributed by atoms with Gasteiger partial charge in [0, 0.05) is 13.1 Å². The third-order valence-electron chi connectivity index (χ3n) is 4.43. The zero-order valence-electron chi connectivity index (χ0n) is 13.7. The van der Waals surface area contributed by atoms with E-state index in [0.717, 1.165) is 30.9 Å². The molecular formula is C18H19ClFN5. The van der Waals surface area contributed by atoms with Crippen molar-refractivity contribution in [3.8, 4) is 0 Å². The number of fused-ring (bicyclic) bond motifs is 1. The lowest BCUT2D eigenvalue weighted by atomic mass is 10.00. The van der Waals surface area contributed by atoms with Crippen molar-refractivity contribution in [3.63, 3.8) is 0 Å². The molecule has 130 valence electrons. The Labute approximate surface area is 151 Å². The number of nitrogens with zero attached hydrogens (tertiary/aromatic N) is 5. The highest BCUT2D eigenvalue weighted by Gasteiger charge is 2.18. The maximum atomic E-state index is 13.0. The highest BCUT2D eigenvalue weighted by atomic mass is 35.5. The average Bonchev–Trinajstić information content (AvgIpc) is 3.04. The fraction of sp³-hybridized carbons (Fsp3) is 0.278. The number of aromatic nitrogens is 4. The normalized spacial score (nSPS) is 14.0. The summed E-state index contributed by atoms with van der Waals surface area (Å²) in [6.45, 7) is 3.18. The Bertz CT molecular complexity index is 833. The van der Waals surface area contributed by atoms with E-state index in [1.54, 1.807) is 16.8 Å². The molecule has 0 fully saturated rings. The molecule has 0 radical (unpaired) electrons. The first-order valence-electron chi connectivity index (χ1n) is 8.06. The molecule has 4 rings (SSSR count). The first-order valence-corrected chi connectivity index (χ1v) is 8.06. The smallest absolute Gasteiger partial charge is 0.165 e. The van der Waals surface area contributed by atoms with Gasteiger partial charge in [-0.3, -0.25) is 4.90 Å². The Balaban J connectivity index is 0.00000182. The van der Waals surface area contributed by atoms with Crippen LogP contribution < -0.4 is 0 Å². The van der Waals surface area contributed by atoms with Crippen molar-refractivity contribution >= 4 is 12.4 Å². The van der Waals surface area contributed by atoms with E-state index < -0.39 is 0 Å². The van der Waals surface area contributed by atoms with Gasteiger partial charge in [0.05, 0.1) is 13.1 Å². The predicted octanol–water partition coefficient (Wildman–Crippen LogP) is 2.84. The van der Waals surface area contributed by atoms with Gasteiger partial charge >= 0.3 is 0 Å². The second-order valence-electron chi connectivity index (χ2n) is 6.11. The summed E-state index contributed by atoms with van der Waals surface area (Å²) in [7, 11) is 0. The predicted molar refractivity (Wildman–Crippen MR) is 94.8 cm³/mol. The second-order valence-corrected chi connectivity index (χ2v) is 6.11. The summed E-state index contributed by atoms with van der Waals surface area (Å²) in [5, 5.41) is 12.1. The minimum absolute atomic E-state index is 0. The van der Waals surface area contributed by atoms with Crippen LogP contribution in [0.3, 0.4) is 0 Å². The summed E-state index contributed by atoms with van der Waals surface area (Å²) in [6, 6.07) is 15.0. The van der Waals surface area contributed by atoms with Crippen LogP contribution in [-0.4, -0.2) is 31.7 Å². The fourth-order valence-corrected chi connectivity index (χ4v) is 3.11. The summed E-state index contributed by atoms with van der Waals surface area (Å²) >= 11 is 0. The molecule has 0 unspecified atom stereocenters. The standard InChI is InChI=1S/C18H18FN5.ClH/c19-17-7-5-14(6-8-17)11-24-18(20-21-22-24)13-23-10-9-15-3-1-2-4-16(15)12-23;/h1-8H,9-13H2;1H. The molecule has 0 saturated carbocycles. The van der Waals surface area contributed by atoms with Gasteiger partial charge in [-0.2, -0.15) is 0 Å². The lowest BCUT2D eigenvalue weighted by molar-refractivity contribution is 0.235. The summed E-state index contributed by atoms with van der Waals surface area (Å²) < 4.78 is 14.8. The number of benzene rings is 2. The van der Waals surface area contributed by atoms with Crippen molar-refractivity contribution < 1.29 is 4.39 Å². The summed E-state index contributed by atoms with van der Waals surface area (Å²) in [5.74, 6) is 0.598. The zero-order chi connectivity index (χ0) is 16.4. The molecule has 1 aromatic heterocycles. The van der Waals surface area contributed by atoms with Crippen LogP contribution in [0.1, 0.15) is 22.5 Å². The van der Waals surface area contributed by atoms with Crippen molar-refractivity contribution in [1.29, 1.82) is 0 Å². The summed E-state index contributed by atoms with van der Waals surface area (Å²) in [4.78, 5) is 2.36. The lowest BCUT2D eigenvalue weighted by Crippen LogP contribution is -2.31. The van der Waals surface area contributed by atoms with Crippen molar-refractivity contribution in [2.24, 2.45) is 0 Å². The van der Waals surface area contributed by atoms with Crippen LogP contribution in [-0.2, 0) is 26.1 Å². The minimum atomic E-state index is -0.234. The molecule has 5 nitrogen and oxygen atoms in total. The van der Waals surface area contributed by atoms with E-state index in [0.29, 0.717) is 13.1 Å². The van der Waals surface area contributed by atoms with E-state index >= 15 is 0 Å². The number of tetrazole rings is 1. The molecule has 0 amide bonds. The Kier molecular flexibility index (Phi) is 5.40. The Hall–Kier alpha value is -2.31. The van der Waals surface area contributed by atoms with Crippen molar-refractivity contribution in [2.75, 3.05) is 6.54 Å². The van der Waals surface area contributed by atoms with Gasteiger partial charge in [0.25, 0.3) is 0 Å². The fourth-order valence-electron chi connectivity index (χ4n) is 3.11. The second kappa shape index (κ2) is 7.72. The van der Waals surface area contributed by atoms with Gasteiger partial charge in [0.2, 0.25) is 0 Å². The Morgan fingerprint density at radius 3 is 2.52 bits per heavy atom. The molecule has 2 aromatic carbocycles. The number of hydrogen-bond donors (Lipinski definition) is 0. The van der Waals surface area contributed by atoms with E-state index in [-0.39, 0.29) is 18.2 Å². The first-order chi connectivity index (χ1) is 11.8. The van der Waals surface area contributed by atoms with E-state index in [1.165, 1.54) is 23.3 Å². The molecule has 1 aliphatic rings. The topological polar surface area (TPSA) is 46.8 Å². The lowest BCUT2D eigenvalue weighted by Gasteiger charge is -2.28. The van der Waals surface area contributed by atoms with Crippen molar-refractivity contribution in [1.82, 2.24) is 25.1 Å². The van der Waals surface area contributed by atoms with Gasteiger partial charge < -0.3 is 0 Å². The molecule has 0 atom stereocenters. The van der Waals surface area contributed by atoms with Crippen LogP contribution in [0, 0.1) is 5.82 Å². The van der Waals surface area contributed by atoms with Gasteiger partial charge in [-0.15, -0.1) is 17.5 Å². The quantitative estimate of drug-likeness (QED) is 0.718. The van der Waals surface area contributed by atoms with Crippen molar-refractivity contribution in [3.05, 3.63) is 76.9 Å². The molecule has 3 aromatic rings. The van der Waals surface area contributed by atoms with Crippen LogP contribution in [0.25, 0.3) is 0 Å². The maximum Gasteiger partial charge on any atom is 0.165 e. The first kappa shape index (κ1) is 17.5. The number of rotatable bonds is 4. The monoisotopic (exact) mass is 359 g/mol. The average molecular weight is 360 g/mol. The number of hydrogen-bond acceptors (Lipinski definition) is 4. The van der Waals surface area contributed by atoms with E-state index in [9.17, 15) is 4.39 Å². The highest BCUT2D eigenvalue weighted by molar-refractivity contribution is 5.85. The Morgan fingerprint density at radius 1 is 0.960 bits per heavy atom. The van der Waals surface area contributed by atoms with Gasteiger partial charge in [-0.05, 0) is 45.7 Å². The summed E-state index contributed by atoms with van der Waals surface area (Å²) in [6.07, 6.45) is 1.05. The van der Waals surface area contributed by atoms with Crippen LogP contribution in [0.5, 0.6) is 0 Å². The molecule has 2 heterocycles. The molecule has 0 spiro atoms. The van der Waals surface area contributed by atoms with Crippen LogP contribution in [0.4, 0.5) is 4.39 Å². The van der Waals surface area contributed by atoms with E-state index in [2.05, 4.69) is 44.7 Å². The summed E-state index contributed by atoms with van der Waals surface area (Å²) in [5.41, 5.74) is 3.79. The molecule has 1 aliphatic heterocycles. The third kappa shape index (κ3) is 4.03. The largest absolute Gasteiger partial charge is 0.291 e. The molecule has 0 bridgehead atoms. The maximum absolute atomic E-state index is 13.0. The van der Waals surface area contributed by atoms with Gasteiger partial charge in [0.1, 0.15) is 5.82 Å². The molecule has 25 heavy (non-hydrogen) atoms. The van der Waals surface area contributed by atoms with Gasteiger partial charge in [-0.1, -0.05) is 36.4 Å². The molecular weight excluding hydrogens is 341 g/mol. The molecule has 0 N–H and O–H groups in total. The van der Waals surface area contributed by atoms with E-state index in [1.807, 2.05) is 0 Å². The van der Waals surface area contributed by atoms with Gasteiger partial charge in [-0.25, -0.2) is 9.07 Å². The third-order valence-corrected chi connectivity index (χ3v) is 4.43. The van der Waals surface area contributed by atoms with Crippen LogP contribution in [0.2, 0.25) is 0 Å². The highest BCUT2D eigenvalue weighted by Crippen LogP contribution is 2.19. The van der Waals surface area contributed by atoms with E-state index in [4.69, 9.17) is 0 Å². The zero-order valence-corrected chi connectivity index (χ0v) is 14.5.